The summed E-state index contributed by atoms with van der Waals surface area (Å²) in [5.41, 5.74) is 5.81. The number of carbonyl (C=O) groups is 1. The van der Waals surface area contributed by atoms with Crippen LogP contribution in [-0.4, -0.2) is 21.9 Å². The van der Waals surface area contributed by atoms with Gasteiger partial charge in [0.05, 0.1) is 17.5 Å². The highest BCUT2D eigenvalue weighted by atomic mass is 19.1. The van der Waals surface area contributed by atoms with E-state index >= 15 is 0 Å². The molecule has 0 aliphatic carbocycles. The summed E-state index contributed by atoms with van der Waals surface area (Å²) < 4.78 is 14.8. The average Bonchev–Trinajstić information content (AvgIpc) is 2.68. The first-order valence-corrected chi connectivity index (χ1v) is 6.50. The van der Waals surface area contributed by atoms with Crippen molar-refractivity contribution in [3.8, 4) is 0 Å². The molecule has 0 saturated carbocycles. The lowest BCUT2D eigenvalue weighted by Crippen LogP contribution is -2.18. The number of aryl methyl sites for hydroxylation is 4. The van der Waals surface area contributed by atoms with Crippen LogP contribution < -0.4 is 5.43 Å². The molecule has 21 heavy (non-hydrogen) atoms. The van der Waals surface area contributed by atoms with E-state index in [2.05, 4.69) is 15.6 Å². The summed E-state index contributed by atoms with van der Waals surface area (Å²) in [6.07, 6.45) is 1.26. The summed E-state index contributed by atoms with van der Waals surface area (Å²) >= 11 is 0. The molecule has 1 aromatic heterocycles. The lowest BCUT2D eigenvalue weighted by Gasteiger charge is -2.03. The first-order chi connectivity index (χ1) is 9.90. The van der Waals surface area contributed by atoms with Gasteiger partial charge in [0.25, 0.3) is 5.91 Å². The molecular weight excluding hydrogens is 271 g/mol. The molecule has 1 aromatic carbocycles. The number of aromatic nitrogens is 2. The first-order valence-electron chi connectivity index (χ1n) is 6.50. The highest BCUT2D eigenvalue weighted by molar-refractivity contribution is 5.95. The van der Waals surface area contributed by atoms with Gasteiger partial charge in [-0.25, -0.2) is 10.1 Å². The summed E-state index contributed by atoms with van der Waals surface area (Å²) in [5.74, 6) is -0.826. The molecule has 0 radical (unpaired) electrons. The number of hydrogen-bond acceptors (Lipinski definition) is 3. The number of amides is 1. The van der Waals surface area contributed by atoms with Crippen LogP contribution in [0.3, 0.4) is 0 Å². The normalized spacial score (nSPS) is 11.1. The van der Waals surface area contributed by atoms with Crippen LogP contribution in [0.1, 0.15) is 32.7 Å². The van der Waals surface area contributed by atoms with Gasteiger partial charge in [0.15, 0.2) is 0 Å². The van der Waals surface area contributed by atoms with Crippen molar-refractivity contribution < 1.29 is 9.18 Å². The van der Waals surface area contributed by atoms with Crippen LogP contribution in [0.4, 0.5) is 4.39 Å². The Morgan fingerprint density at radius 1 is 1.33 bits per heavy atom. The van der Waals surface area contributed by atoms with E-state index in [1.807, 2.05) is 19.9 Å². The molecule has 0 bridgehead atoms. The molecule has 0 atom stereocenters. The third-order valence-corrected chi connectivity index (χ3v) is 3.32. The fourth-order valence-corrected chi connectivity index (χ4v) is 1.90. The number of carbonyl (C=O) groups excluding carboxylic acids is 1. The zero-order valence-electron chi connectivity index (χ0n) is 12.4. The highest BCUT2D eigenvalue weighted by Crippen LogP contribution is 2.10. The van der Waals surface area contributed by atoms with Crippen molar-refractivity contribution in [2.75, 3.05) is 0 Å². The molecule has 1 N–H and O–H groups in total. The second-order valence-corrected chi connectivity index (χ2v) is 4.91. The minimum Gasteiger partial charge on any atom is -0.267 e. The maximum absolute atomic E-state index is 13.7. The van der Waals surface area contributed by atoms with E-state index < -0.39 is 5.95 Å². The Morgan fingerprint density at radius 2 is 2.05 bits per heavy atom. The molecule has 1 heterocycles. The Balaban J connectivity index is 2.10. The number of nitrogens with zero attached hydrogens (tertiary/aromatic N) is 3. The van der Waals surface area contributed by atoms with Crippen molar-refractivity contribution in [1.29, 1.82) is 0 Å². The number of hydrazone groups is 1. The molecule has 1 amide bonds. The molecule has 0 unspecified atom stereocenters. The molecule has 5 nitrogen and oxygen atoms in total. The van der Waals surface area contributed by atoms with Gasteiger partial charge in [0.1, 0.15) is 0 Å². The van der Waals surface area contributed by atoms with E-state index in [1.165, 1.54) is 13.3 Å². The Labute approximate surface area is 122 Å². The number of nitrogens with one attached hydrogen (secondary N) is 1. The van der Waals surface area contributed by atoms with Gasteiger partial charge in [-0.1, -0.05) is 6.07 Å². The summed E-state index contributed by atoms with van der Waals surface area (Å²) in [7, 11) is 1.51. The van der Waals surface area contributed by atoms with Gasteiger partial charge in [0.2, 0.25) is 5.95 Å². The van der Waals surface area contributed by atoms with E-state index in [0.717, 1.165) is 15.8 Å². The van der Waals surface area contributed by atoms with E-state index in [1.54, 1.807) is 19.1 Å². The van der Waals surface area contributed by atoms with Gasteiger partial charge in [-0.2, -0.15) is 14.6 Å². The summed E-state index contributed by atoms with van der Waals surface area (Å²) in [5, 5.41) is 7.71. The van der Waals surface area contributed by atoms with E-state index in [4.69, 9.17) is 0 Å². The van der Waals surface area contributed by atoms with Crippen molar-refractivity contribution in [3.63, 3.8) is 0 Å². The lowest BCUT2D eigenvalue weighted by molar-refractivity contribution is 0.0955. The Bertz CT molecular complexity index is 719. The maximum Gasteiger partial charge on any atom is 0.271 e. The molecule has 0 fully saturated rings. The van der Waals surface area contributed by atoms with Gasteiger partial charge in [-0.15, -0.1) is 0 Å². The van der Waals surface area contributed by atoms with Crippen molar-refractivity contribution >= 4 is 12.1 Å². The Kier molecular flexibility index (Phi) is 4.16. The summed E-state index contributed by atoms with van der Waals surface area (Å²) in [6, 6.07) is 5.39. The van der Waals surface area contributed by atoms with Crippen molar-refractivity contribution in [2.45, 2.75) is 20.8 Å². The SMILES string of the molecule is Cc1ccc(C(=O)NN=Cc2c(C)nn(C)c2F)cc1C. The average molecular weight is 288 g/mol. The van der Waals surface area contributed by atoms with Crippen LogP contribution in [0.5, 0.6) is 0 Å². The molecule has 0 aliphatic rings. The smallest absolute Gasteiger partial charge is 0.267 e. The Hall–Kier alpha value is -2.50. The fraction of sp³-hybridized carbons (Fsp3) is 0.267. The van der Waals surface area contributed by atoms with Gasteiger partial charge in [-0.3, -0.25) is 4.79 Å². The third-order valence-electron chi connectivity index (χ3n) is 3.32. The van der Waals surface area contributed by atoms with Crippen LogP contribution in [0.25, 0.3) is 0 Å². The van der Waals surface area contributed by atoms with Crippen molar-refractivity contribution in [3.05, 3.63) is 52.1 Å². The van der Waals surface area contributed by atoms with Crippen molar-refractivity contribution in [2.24, 2.45) is 12.1 Å². The van der Waals surface area contributed by atoms with Crippen LogP contribution >= 0.6 is 0 Å². The predicted molar refractivity (Wildman–Crippen MR) is 78.9 cm³/mol. The number of rotatable bonds is 3. The second kappa shape index (κ2) is 5.87. The minimum atomic E-state index is -0.489. The van der Waals surface area contributed by atoms with E-state index in [9.17, 15) is 9.18 Å². The molecule has 6 heteroatoms. The van der Waals surface area contributed by atoms with Gasteiger partial charge >= 0.3 is 0 Å². The van der Waals surface area contributed by atoms with E-state index in [0.29, 0.717) is 11.3 Å². The molecule has 0 spiro atoms. The summed E-state index contributed by atoms with van der Waals surface area (Å²) in [6.45, 7) is 5.59. The molecule has 2 rings (SSSR count). The maximum atomic E-state index is 13.7. The zero-order chi connectivity index (χ0) is 15.6. The highest BCUT2D eigenvalue weighted by Gasteiger charge is 2.11. The third kappa shape index (κ3) is 3.16. The quantitative estimate of drug-likeness (QED) is 0.695. The fourth-order valence-electron chi connectivity index (χ4n) is 1.90. The number of benzene rings is 1. The first kappa shape index (κ1) is 14.9. The van der Waals surface area contributed by atoms with Gasteiger partial charge < -0.3 is 0 Å². The van der Waals surface area contributed by atoms with Crippen LogP contribution in [-0.2, 0) is 7.05 Å². The molecular formula is C15H17FN4O. The monoisotopic (exact) mass is 288 g/mol. The lowest BCUT2D eigenvalue weighted by atomic mass is 10.1. The standard InChI is InChI=1S/C15H17FN4O/c1-9-5-6-12(7-10(9)2)15(21)18-17-8-13-11(3)19-20(4)14(13)16/h5-8H,1-4H3,(H,18,21). The number of hydrogen-bond donors (Lipinski definition) is 1. The van der Waals surface area contributed by atoms with Crippen LogP contribution in [0.15, 0.2) is 23.3 Å². The number of halogens is 1. The zero-order valence-corrected chi connectivity index (χ0v) is 12.4. The van der Waals surface area contributed by atoms with E-state index in [-0.39, 0.29) is 11.5 Å². The molecule has 110 valence electrons. The van der Waals surface area contributed by atoms with Crippen LogP contribution in [0, 0.1) is 26.7 Å². The second-order valence-electron chi connectivity index (χ2n) is 4.91. The molecule has 2 aromatic rings. The minimum absolute atomic E-state index is 0.262. The van der Waals surface area contributed by atoms with Gasteiger partial charge in [-0.05, 0) is 44.0 Å². The molecule has 0 saturated heterocycles. The van der Waals surface area contributed by atoms with Crippen molar-refractivity contribution in [1.82, 2.24) is 15.2 Å². The summed E-state index contributed by atoms with van der Waals surface area (Å²) in [4.78, 5) is 11.9. The topological polar surface area (TPSA) is 59.3 Å². The molecule has 0 aliphatic heterocycles. The Morgan fingerprint density at radius 3 is 2.62 bits per heavy atom. The van der Waals surface area contributed by atoms with Gasteiger partial charge in [0, 0.05) is 12.6 Å². The predicted octanol–water partition coefficient (Wildman–Crippen LogP) is 2.25. The van der Waals surface area contributed by atoms with Crippen LogP contribution in [0.2, 0.25) is 0 Å². The largest absolute Gasteiger partial charge is 0.271 e.